The first-order valence-corrected chi connectivity index (χ1v) is 9.62. The third-order valence-electron chi connectivity index (χ3n) is 4.21. The van der Waals surface area contributed by atoms with Gasteiger partial charge in [-0.1, -0.05) is 12.1 Å². The van der Waals surface area contributed by atoms with Gasteiger partial charge in [0.25, 0.3) is 0 Å². The highest BCUT2D eigenvalue weighted by molar-refractivity contribution is 7.99. The van der Waals surface area contributed by atoms with Crippen molar-refractivity contribution in [3.8, 4) is 6.07 Å². The van der Waals surface area contributed by atoms with Crippen molar-refractivity contribution in [2.45, 2.75) is 18.6 Å². The first-order chi connectivity index (χ1) is 12.2. The van der Waals surface area contributed by atoms with Crippen molar-refractivity contribution >= 4 is 29.0 Å². The molecular weight excluding hydrogens is 330 g/mol. The lowest BCUT2D eigenvalue weighted by Gasteiger charge is -2.17. The van der Waals surface area contributed by atoms with Crippen LogP contribution in [0.4, 0.5) is 11.4 Å². The second-order valence-corrected chi connectivity index (χ2v) is 7.08. The fourth-order valence-electron chi connectivity index (χ4n) is 2.87. The molecule has 0 aromatic heterocycles. The molecule has 0 radical (unpaired) electrons. The van der Waals surface area contributed by atoms with Crippen LogP contribution in [0, 0.1) is 11.3 Å². The van der Waals surface area contributed by atoms with E-state index >= 15 is 0 Å². The van der Waals surface area contributed by atoms with Gasteiger partial charge >= 0.3 is 0 Å². The van der Waals surface area contributed by atoms with Gasteiger partial charge in [0.05, 0.1) is 17.4 Å². The summed E-state index contributed by atoms with van der Waals surface area (Å²) in [5, 5.41) is 11.7. The van der Waals surface area contributed by atoms with Crippen molar-refractivity contribution in [1.29, 1.82) is 5.26 Å². The van der Waals surface area contributed by atoms with Crippen molar-refractivity contribution in [2.24, 2.45) is 0 Å². The van der Waals surface area contributed by atoms with Gasteiger partial charge in [0.2, 0.25) is 5.91 Å². The molecule has 2 aromatic rings. The summed E-state index contributed by atoms with van der Waals surface area (Å²) in [5.41, 5.74) is 3.84. The zero-order valence-electron chi connectivity index (χ0n) is 14.1. The van der Waals surface area contributed by atoms with Crippen LogP contribution in [0.15, 0.2) is 48.5 Å². The molecule has 1 fully saturated rings. The van der Waals surface area contributed by atoms with Gasteiger partial charge in [-0.2, -0.15) is 5.26 Å². The normalized spacial score (nSPS) is 13.5. The smallest absolute Gasteiger partial charge is 0.234 e. The Bertz CT molecular complexity index is 744. The molecule has 1 aliphatic rings. The quantitative estimate of drug-likeness (QED) is 0.854. The molecule has 1 saturated heterocycles. The summed E-state index contributed by atoms with van der Waals surface area (Å²) >= 11 is 1.57. The largest absolute Gasteiger partial charge is 0.372 e. The zero-order chi connectivity index (χ0) is 17.5. The Balaban J connectivity index is 1.43. The number of amides is 1. The number of carbonyl (C=O) groups excluding carboxylic acids is 1. The van der Waals surface area contributed by atoms with Crippen LogP contribution in [0.3, 0.4) is 0 Å². The SMILES string of the molecule is N#Cc1ccc(CSCC(=O)Nc2ccc(N3CCCC3)cc2)cc1. The molecule has 0 aliphatic carbocycles. The summed E-state index contributed by atoms with van der Waals surface area (Å²) in [6.07, 6.45) is 2.52. The van der Waals surface area contributed by atoms with E-state index < -0.39 is 0 Å². The van der Waals surface area contributed by atoms with Gasteiger partial charge < -0.3 is 10.2 Å². The van der Waals surface area contributed by atoms with Crippen molar-refractivity contribution in [1.82, 2.24) is 0 Å². The Hall–Kier alpha value is -2.45. The molecule has 0 spiro atoms. The van der Waals surface area contributed by atoms with Crippen molar-refractivity contribution in [2.75, 3.05) is 29.1 Å². The average Bonchev–Trinajstić information content (AvgIpc) is 3.18. The predicted molar refractivity (Wildman–Crippen MR) is 104 cm³/mol. The van der Waals surface area contributed by atoms with Crippen LogP contribution in [-0.2, 0) is 10.5 Å². The molecule has 25 heavy (non-hydrogen) atoms. The fourth-order valence-corrected chi connectivity index (χ4v) is 3.65. The molecule has 4 nitrogen and oxygen atoms in total. The van der Waals surface area contributed by atoms with Crippen LogP contribution < -0.4 is 10.2 Å². The van der Waals surface area contributed by atoms with Crippen LogP contribution >= 0.6 is 11.8 Å². The van der Waals surface area contributed by atoms with Gasteiger partial charge in [-0.3, -0.25) is 4.79 Å². The molecule has 1 N–H and O–H groups in total. The van der Waals surface area contributed by atoms with Crippen LogP contribution in [0.1, 0.15) is 24.0 Å². The van der Waals surface area contributed by atoms with Crippen molar-refractivity contribution < 1.29 is 4.79 Å². The molecule has 1 amide bonds. The minimum absolute atomic E-state index is 0.00701. The highest BCUT2D eigenvalue weighted by Gasteiger charge is 2.12. The lowest BCUT2D eigenvalue weighted by molar-refractivity contribution is -0.113. The highest BCUT2D eigenvalue weighted by atomic mass is 32.2. The minimum atomic E-state index is 0.00701. The molecule has 3 rings (SSSR count). The number of anilines is 2. The fraction of sp³-hybridized carbons (Fsp3) is 0.300. The summed E-state index contributed by atoms with van der Waals surface area (Å²) in [7, 11) is 0. The van der Waals surface area contributed by atoms with Crippen LogP contribution in [-0.4, -0.2) is 24.7 Å². The number of nitriles is 1. The topological polar surface area (TPSA) is 56.1 Å². The van der Waals surface area contributed by atoms with Crippen LogP contribution in [0.2, 0.25) is 0 Å². The van der Waals surface area contributed by atoms with E-state index in [1.807, 2.05) is 24.3 Å². The van der Waals surface area contributed by atoms with E-state index in [0.29, 0.717) is 11.3 Å². The molecule has 0 bridgehead atoms. The lowest BCUT2D eigenvalue weighted by Crippen LogP contribution is -2.18. The first-order valence-electron chi connectivity index (χ1n) is 8.46. The van der Waals surface area contributed by atoms with Gasteiger partial charge in [0.15, 0.2) is 0 Å². The lowest BCUT2D eigenvalue weighted by atomic mass is 10.2. The minimum Gasteiger partial charge on any atom is -0.372 e. The second-order valence-electron chi connectivity index (χ2n) is 6.09. The summed E-state index contributed by atoms with van der Waals surface area (Å²) in [6.45, 7) is 2.25. The Labute approximate surface area is 152 Å². The molecule has 1 aliphatic heterocycles. The van der Waals surface area contributed by atoms with Gasteiger partial charge in [0, 0.05) is 30.2 Å². The summed E-state index contributed by atoms with van der Waals surface area (Å²) < 4.78 is 0. The third-order valence-corrected chi connectivity index (χ3v) is 5.21. The third kappa shape index (κ3) is 5.01. The number of nitrogens with one attached hydrogen (secondary N) is 1. The Morgan fingerprint density at radius 3 is 2.40 bits per heavy atom. The molecule has 0 unspecified atom stereocenters. The van der Waals surface area contributed by atoms with Gasteiger partial charge in [-0.05, 0) is 54.8 Å². The molecule has 1 heterocycles. The number of hydrogen-bond acceptors (Lipinski definition) is 4. The number of benzene rings is 2. The Kier molecular flexibility index (Phi) is 5.97. The van der Waals surface area contributed by atoms with E-state index in [0.717, 1.165) is 30.1 Å². The number of hydrogen-bond donors (Lipinski definition) is 1. The number of carbonyl (C=O) groups is 1. The first kappa shape index (κ1) is 17.4. The molecule has 2 aromatic carbocycles. The Morgan fingerprint density at radius 2 is 1.76 bits per heavy atom. The monoisotopic (exact) mass is 351 g/mol. The van der Waals surface area contributed by atoms with Gasteiger partial charge in [0.1, 0.15) is 0 Å². The second kappa shape index (κ2) is 8.59. The zero-order valence-corrected chi connectivity index (χ0v) is 14.9. The maximum Gasteiger partial charge on any atom is 0.234 e. The van der Waals surface area contributed by atoms with E-state index in [1.54, 1.807) is 23.9 Å². The van der Waals surface area contributed by atoms with Gasteiger partial charge in [-0.15, -0.1) is 11.8 Å². The Morgan fingerprint density at radius 1 is 1.08 bits per heavy atom. The maximum absolute atomic E-state index is 12.1. The molecule has 0 atom stereocenters. The molecular formula is C20H21N3OS. The molecule has 128 valence electrons. The average molecular weight is 351 g/mol. The van der Waals surface area contributed by atoms with E-state index in [-0.39, 0.29) is 5.91 Å². The number of rotatable bonds is 6. The van der Waals surface area contributed by atoms with Crippen molar-refractivity contribution in [3.05, 3.63) is 59.7 Å². The standard InChI is InChI=1S/C20H21N3OS/c21-13-16-3-5-17(6-4-16)14-25-15-20(24)22-18-7-9-19(10-8-18)23-11-1-2-12-23/h3-10H,1-2,11-12,14-15H2,(H,22,24). The molecule has 0 saturated carbocycles. The summed E-state index contributed by atoms with van der Waals surface area (Å²) in [4.78, 5) is 14.4. The predicted octanol–water partition coefficient (Wildman–Crippen LogP) is 4.03. The number of nitrogens with zero attached hydrogens (tertiary/aromatic N) is 2. The van der Waals surface area contributed by atoms with E-state index in [4.69, 9.17) is 5.26 Å². The van der Waals surface area contributed by atoms with E-state index in [1.165, 1.54) is 18.5 Å². The van der Waals surface area contributed by atoms with Crippen LogP contribution in [0.5, 0.6) is 0 Å². The van der Waals surface area contributed by atoms with Crippen molar-refractivity contribution in [3.63, 3.8) is 0 Å². The van der Waals surface area contributed by atoms with E-state index in [9.17, 15) is 4.79 Å². The summed E-state index contributed by atoms with van der Waals surface area (Å²) in [6, 6.07) is 17.7. The summed E-state index contributed by atoms with van der Waals surface area (Å²) in [5.74, 6) is 1.17. The highest BCUT2D eigenvalue weighted by Crippen LogP contribution is 2.22. The molecule has 5 heteroatoms. The van der Waals surface area contributed by atoms with Crippen LogP contribution in [0.25, 0.3) is 0 Å². The number of thioether (sulfide) groups is 1. The van der Waals surface area contributed by atoms with Gasteiger partial charge in [-0.25, -0.2) is 0 Å². The maximum atomic E-state index is 12.1. The van der Waals surface area contributed by atoms with E-state index in [2.05, 4.69) is 28.4 Å².